The number of carbonyl (C=O) groups excluding carboxylic acids is 1. The number of halogens is 1. The number of carboxylic acids is 1. The highest BCUT2D eigenvalue weighted by atomic mass is 79.9. The van der Waals surface area contributed by atoms with Crippen LogP contribution in [0.4, 0.5) is 11.4 Å². The third-order valence-corrected chi connectivity index (χ3v) is 6.61. The summed E-state index contributed by atoms with van der Waals surface area (Å²) in [6.45, 7) is 1.04. The van der Waals surface area contributed by atoms with Gasteiger partial charge in [0, 0.05) is 22.1 Å². The first-order valence-electron chi connectivity index (χ1n) is 12.0. The van der Waals surface area contributed by atoms with Crippen molar-refractivity contribution in [2.24, 2.45) is 0 Å². The molecule has 1 aliphatic heterocycles. The zero-order chi connectivity index (χ0) is 25.7. The van der Waals surface area contributed by atoms with Crippen LogP contribution in [0.2, 0.25) is 0 Å². The van der Waals surface area contributed by atoms with Gasteiger partial charge in [-0.1, -0.05) is 52.3 Å². The van der Waals surface area contributed by atoms with Gasteiger partial charge in [0.25, 0.3) is 5.91 Å². The standard InChI is InChI=1S/C29H30BrN3O3/c1-33(2)16-4-6-19-8-12-23(13-9-19)31-28(21-7-3-5-20(17-21)10-15-26(34)35)27-24-14-11-22(30)18-25(24)32-29(27)36/h3,5,7-9,11-14,17-18,31H,4,6,10,15-16H2,1-2H3,(H,32,36)(H,34,35)/b28-27-. The first-order valence-corrected chi connectivity index (χ1v) is 12.8. The fraction of sp³-hybridized carbons (Fsp3) is 0.241. The van der Waals surface area contributed by atoms with Crippen molar-refractivity contribution >= 4 is 50.5 Å². The molecule has 1 aliphatic rings. The molecule has 4 rings (SSSR count). The summed E-state index contributed by atoms with van der Waals surface area (Å²) in [7, 11) is 4.16. The van der Waals surface area contributed by atoms with Gasteiger partial charge in [0.1, 0.15) is 0 Å². The zero-order valence-electron chi connectivity index (χ0n) is 20.5. The molecule has 186 valence electrons. The van der Waals surface area contributed by atoms with E-state index in [0.29, 0.717) is 17.7 Å². The number of carboxylic acid groups (broad SMARTS) is 1. The number of fused-ring (bicyclic) bond motifs is 1. The van der Waals surface area contributed by atoms with Crippen molar-refractivity contribution in [2.75, 3.05) is 31.3 Å². The number of anilines is 2. The summed E-state index contributed by atoms with van der Waals surface area (Å²) in [6, 6.07) is 21.8. The Morgan fingerprint density at radius 3 is 2.50 bits per heavy atom. The average molecular weight is 548 g/mol. The van der Waals surface area contributed by atoms with Crippen LogP contribution in [-0.4, -0.2) is 42.5 Å². The monoisotopic (exact) mass is 547 g/mol. The summed E-state index contributed by atoms with van der Waals surface area (Å²) in [5.41, 5.74) is 6.69. The smallest absolute Gasteiger partial charge is 0.303 e. The molecule has 0 saturated heterocycles. The number of nitrogens with zero attached hydrogens (tertiary/aromatic N) is 1. The van der Waals surface area contributed by atoms with Crippen LogP contribution in [0.15, 0.2) is 71.2 Å². The number of carbonyl (C=O) groups is 2. The fourth-order valence-electron chi connectivity index (χ4n) is 4.30. The third-order valence-electron chi connectivity index (χ3n) is 6.11. The minimum absolute atomic E-state index is 0.0510. The molecule has 0 unspecified atom stereocenters. The number of nitrogens with one attached hydrogen (secondary N) is 2. The van der Waals surface area contributed by atoms with Crippen LogP contribution in [0.1, 0.15) is 35.1 Å². The van der Waals surface area contributed by atoms with Crippen molar-refractivity contribution in [3.05, 3.63) is 93.5 Å². The SMILES string of the molecule is CN(C)CCCc1ccc(N/C(=C2\C(=O)Nc3cc(Br)ccc32)c2cccc(CCC(=O)O)c2)cc1. The van der Waals surface area contributed by atoms with Gasteiger partial charge < -0.3 is 20.6 Å². The predicted octanol–water partition coefficient (Wildman–Crippen LogP) is 5.89. The van der Waals surface area contributed by atoms with Crippen LogP contribution in [0, 0.1) is 0 Å². The molecule has 6 nitrogen and oxygen atoms in total. The van der Waals surface area contributed by atoms with Crippen LogP contribution in [-0.2, 0) is 22.4 Å². The van der Waals surface area contributed by atoms with E-state index < -0.39 is 5.97 Å². The Morgan fingerprint density at radius 2 is 1.78 bits per heavy atom. The van der Waals surface area contributed by atoms with Crippen molar-refractivity contribution in [3.8, 4) is 0 Å². The van der Waals surface area contributed by atoms with Crippen LogP contribution in [0.25, 0.3) is 11.3 Å². The number of amides is 1. The van der Waals surface area contributed by atoms with Crippen molar-refractivity contribution in [1.82, 2.24) is 4.90 Å². The molecule has 1 heterocycles. The second kappa shape index (κ2) is 11.5. The lowest BCUT2D eigenvalue weighted by molar-refractivity contribution is -0.137. The van der Waals surface area contributed by atoms with E-state index in [1.807, 2.05) is 54.6 Å². The normalized spacial score (nSPS) is 13.9. The maximum Gasteiger partial charge on any atom is 0.303 e. The van der Waals surface area contributed by atoms with Crippen LogP contribution < -0.4 is 10.6 Å². The molecule has 0 aliphatic carbocycles. The van der Waals surface area contributed by atoms with E-state index in [-0.39, 0.29) is 12.3 Å². The van der Waals surface area contributed by atoms with E-state index in [0.717, 1.165) is 51.9 Å². The maximum atomic E-state index is 13.2. The maximum absolute atomic E-state index is 13.2. The summed E-state index contributed by atoms with van der Waals surface area (Å²) in [5, 5.41) is 15.6. The lowest BCUT2D eigenvalue weighted by Crippen LogP contribution is -2.13. The highest BCUT2D eigenvalue weighted by Gasteiger charge is 2.28. The highest BCUT2D eigenvalue weighted by molar-refractivity contribution is 9.10. The van der Waals surface area contributed by atoms with E-state index in [1.165, 1.54) is 5.56 Å². The zero-order valence-corrected chi connectivity index (χ0v) is 22.1. The predicted molar refractivity (Wildman–Crippen MR) is 149 cm³/mol. The summed E-state index contributed by atoms with van der Waals surface area (Å²) in [4.78, 5) is 26.4. The van der Waals surface area contributed by atoms with Crippen molar-refractivity contribution in [3.63, 3.8) is 0 Å². The Morgan fingerprint density at radius 1 is 1.00 bits per heavy atom. The lowest BCUT2D eigenvalue weighted by atomic mass is 9.97. The third kappa shape index (κ3) is 6.42. The molecule has 0 atom stereocenters. The molecule has 3 N–H and O–H groups in total. The molecule has 7 heteroatoms. The quantitative estimate of drug-likeness (QED) is 0.275. The molecule has 3 aromatic carbocycles. The van der Waals surface area contributed by atoms with Crippen LogP contribution in [0.5, 0.6) is 0 Å². The molecular weight excluding hydrogens is 518 g/mol. The number of aryl methyl sites for hydroxylation is 2. The second-order valence-corrected chi connectivity index (χ2v) is 10.1. The van der Waals surface area contributed by atoms with Crippen LogP contribution in [0.3, 0.4) is 0 Å². The second-order valence-electron chi connectivity index (χ2n) is 9.22. The van der Waals surface area contributed by atoms with E-state index in [2.05, 4.69) is 57.7 Å². The number of rotatable bonds is 10. The fourth-order valence-corrected chi connectivity index (χ4v) is 4.67. The van der Waals surface area contributed by atoms with E-state index >= 15 is 0 Å². The lowest BCUT2D eigenvalue weighted by Gasteiger charge is -2.16. The van der Waals surface area contributed by atoms with Gasteiger partial charge in [-0.05, 0) is 86.9 Å². The summed E-state index contributed by atoms with van der Waals surface area (Å²) in [5.74, 6) is -1.01. The number of hydrogen-bond acceptors (Lipinski definition) is 4. The number of benzene rings is 3. The number of hydrogen-bond donors (Lipinski definition) is 3. The molecular formula is C29H30BrN3O3. The Hall–Kier alpha value is -3.42. The van der Waals surface area contributed by atoms with E-state index in [4.69, 9.17) is 5.11 Å². The highest BCUT2D eigenvalue weighted by Crippen LogP contribution is 2.39. The minimum atomic E-state index is -0.836. The van der Waals surface area contributed by atoms with Crippen molar-refractivity contribution in [2.45, 2.75) is 25.7 Å². The van der Waals surface area contributed by atoms with Gasteiger partial charge in [-0.2, -0.15) is 0 Å². The van der Waals surface area contributed by atoms with Gasteiger partial charge in [-0.15, -0.1) is 0 Å². The van der Waals surface area contributed by atoms with E-state index in [1.54, 1.807) is 0 Å². The Labute approximate surface area is 220 Å². The summed E-state index contributed by atoms with van der Waals surface area (Å²) in [6.07, 6.45) is 2.56. The van der Waals surface area contributed by atoms with Crippen LogP contribution >= 0.6 is 15.9 Å². The number of aliphatic carboxylic acids is 1. The Bertz CT molecular complexity index is 1300. The molecule has 0 bridgehead atoms. The first-order chi connectivity index (χ1) is 17.3. The molecule has 0 aromatic heterocycles. The molecule has 0 radical (unpaired) electrons. The van der Waals surface area contributed by atoms with Gasteiger partial charge in [0.05, 0.1) is 17.0 Å². The van der Waals surface area contributed by atoms with Gasteiger partial charge >= 0.3 is 5.97 Å². The Balaban J connectivity index is 1.70. The van der Waals surface area contributed by atoms with Crippen molar-refractivity contribution in [1.29, 1.82) is 0 Å². The first kappa shape index (κ1) is 25.7. The molecule has 3 aromatic rings. The van der Waals surface area contributed by atoms with E-state index in [9.17, 15) is 9.59 Å². The Kier molecular flexibility index (Phi) is 8.23. The average Bonchev–Trinajstić information content (AvgIpc) is 3.16. The molecule has 36 heavy (non-hydrogen) atoms. The van der Waals surface area contributed by atoms with Gasteiger partial charge in [0.15, 0.2) is 0 Å². The molecule has 0 fully saturated rings. The molecule has 1 amide bonds. The summed E-state index contributed by atoms with van der Waals surface area (Å²) < 4.78 is 0.887. The molecule has 0 saturated carbocycles. The van der Waals surface area contributed by atoms with Gasteiger partial charge in [-0.3, -0.25) is 9.59 Å². The topological polar surface area (TPSA) is 81.7 Å². The minimum Gasteiger partial charge on any atom is -0.481 e. The molecule has 0 spiro atoms. The van der Waals surface area contributed by atoms with Crippen molar-refractivity contribution < 1.29 is 14.7 Å². The largest absolute Gasteiger partial charge is 0.481 e. The van der Waals surface area contributed by atoms with Gasteiger partial charge in [0.2, 0.25) is 0 Å². The summed E-state index contributed by atoms with van der Waals surface area (Å²) >= 11 is 3.48. The van der Waals surface area contributed by atoms with Gasteiger partial charge in [-0.25, -0.2) is 0 Å².